The maximum atomic E-state index is 13.1. The maximum Gasteiger partial charge on any atom is 0.326 e. The molecular formula is C19H16Cl2I2N2O6S2. The fraction of sp³-hybridized carbons (Fsp3) is 0.263. The first-order valence-electron chi connectivity index (χ1n) is 9.19. The number of carbonyl (C=O) groups excluding carboxylic acids is 1. The Bertz CT molecular complexity index is 1170. The van der Waals surface area contributed by atoms with Crippen LogP contribution in [0.5, 0.6) is 5.75 Å². The van der Waals surface area contributed by atoms with Gasteiger partial charge >= 0.3 is 5.97 Å². The molecule has 1 aliphatic rings. The Kier molecular flexibility index (Phi) is 9.05. The smallest absolute Gasteiger partial charge is 0.326 e. The number of nitrogens with one attached hydrogen (secondary N) is 1. The molecule has 2 aromatic carbocycles. The summed E-state index contributed by atoms with van der Waals surface area (Å²) in [5.41, 5.74) is 0.603. The number of phenolic OH excluding ortho intramolecular Hbond substituents is 1. The van der Waals surface area contributed by atoms with Gasteiger partial charge < -0.3 is 15.5 Å². The van der Waals surface area contributed by atoms with Crippen molar-refractivity contribution in [2.24, 2.45) is 0 Å². The molecule has 1 fully saturated rings. The van der Waals surface area contributed by atoms with E-state index in [9.17, 15) is 28.2 Å². The van der Waals surface area contributed by atoms with Gasteiger partial charge in [-0.05, 0) is 81.1 Å². The molecular weight excluding hydrogens is 741 g/mol. The van der Waals surface area contributed by atoms with Gasteiger partial charge in [-0.25, -0.2) is 13.2 Å². The first-order chi connectivity index (χ1) is 15.4. The predicted molar refractivity (Wildman–Crippen MR) is 143 cm³/mol. The molecule has 1 saturated heterocycles. The minimum Gasteiger partial charge on any atom is -0.506 e. The summed E-state index contributed by atoms with van der Waals surface area (Å²) in [4.78, 5) is 24.6. The molecule has 2 atom stereocenters. The molecule has 178 valence electrons. The second kappa shape index (κ2) is 11.0. The number of amides is 1. The lowest BCUT2D eigenvalue weighted by Crippen LogP contribution is -2.50. The van der Waals surface area contributed by atoms with Crippen LogP contribution in [0.25, 0.3) is 0 Å². The van der Waals surface area contributed by atoms with Crippen molar-refractivity contribution in [1.82, 2.24) is 9.62 Å². The van der Waals surface area contributed by atoms with Gasteiger partial charge in [-0.15, -0.1) is 11.8 Å². The first kappa shape index (κ1) is 27.1. The van der Waals surface area contributed by atoms with Gasteiger partial charge in [0, 0.05) is 28.8 Å². The number of thioether (sulfide) groups is 1. The zero-order valence-corrected chi connectivity index (χ0v) is 23.9. The van der Waals surface area contributed by atoms with Crippen molar-refractivity contribution in [3.05, 3.63) is 53.1 Å². The van der Waals surface area contributed by atoms with E-state index in [1.165, 1.54) is 18.2 Å². The molecule has 3 N–H and O–H groups in total. The quantitative estimate of drug-likeness (QED) is 0.368. The summed E-state index contributed by atoms with van der Waals surface area (Å²) >= 11 is 16.8. The number of phenols is 1. The minimum absolute atomic E-state index is 0.0403. The molecule has 0 unspecified atom stereocenters. The van der Waals surface area contributed by atoms with Crippen LogP contribution >= 0.6 is 80.1 Å². The van der Waals surface area contributed by atoms with E-state index in [1.807, 2.05) is 45.2 Å². The first-order valence-corrected chi connectivity index (χ1v) is 14.6. The second-order valence-corrected chi connectivity index (χ2v) is 13.2. The molecule has 0 aliphatic carbocycles. The highest BCUT2D eigenvalue weighted by Gasteiger charge is 2.41. The standard InChI is InChI=1S/C19H16Cl2I2N2O6S2/c20-10-6-11(21)8-12(7-10)33(30,31)25-1-2-32-18(25)17(27)24-15(19(28)29)5-9-3-13(22)16(26)14(23)4-9/h3-4,6-8,15,18,26H,1-2,5H2,(H,24,27)(H,28,29)/t15-,18-/m0/s1. The summed E-state index contributed by atoms with van der Waals surface area (Å²) in [6, 6.07) is 5.85. The van der Waals surface area contributed by atoms with E-state index in [1.54, 1.807) is 12.1 Å². The number of rotatable bonds is 7. The van der Waals surface area contributed by atoms with Gasteiger partial charge in [0.2, 0.25) is 15.9 Å². The van der Waals surface area contributed by atoms with Gasteiger partial charge in [0.1, 0.15) is 17.2 Å². The number of nitrogens with zero attached hydrogens (tertiary/aromatic N) is 1. The zero-order chi connectivity index (χ0) is 24.5. The molecule has 1 amide bonds. The number of aliphatic carboxylic acids is 1. The number of aromatic hydroxyl groups is 1. The Labute approximate surface area is 231 Å². The van der Waals surface area contributed by atoms with Crippen molar-refractivity contribution in [3.63, 3.8) is 0 Å². The van der Waals surface area contributed by atoms with E-state index >= 15 is 0 Å². The summed E-state index contributed by atoms with van der Waals surface area (Å²) < 4.78 is 28.4. The van der Waals surface area contributed by atoms with Gasteiger partial charge in [0.25, 0.3) is 0 Å². The van der Waals surface area contributed by atoms with Crippen LogP contribution in [0, 0.1) is 7.14 Å². The second-order valence-electron chi connectivity index (χ2n) is 6.96. The van der Waals surface area contributed by atoms with Crippen molar-refractivity contribution >= 4 is 102 Å². The van der Waals surface area contributed by atoms with Crippen LogP contribution in [0.4, 0.5) is 0 Å². The summed E-state index contributed by atoms with van der Waals surface area (Å²) in [5, 5.41) is 21.1. The number of carboxylic acids is 1. The number of hydrogen-bond acceptors (Lipinski definition) is 6. The Morgan fingerprint density at radius 3 is 2.27 bits per heavy atom. The number of carbonyl (C=O) groups is 2. The third-order valence-corrected chi connectivity index (χ3v) is 9.91. The average molecular weight is 757 g/mol. The third-order valence-electron chi connectivity index (χ3n) is 4.65. The molecule has 1 aliphatic heterocycles. The summed E-state index contributed by atoms with van der Waals surface area (Å²) in [5.74, 6) is -1.54. The van der Waals surface area contributed by atoms with Crippen LogP contribution < -0.4 is 5.32 Å². The van der Waals surface area contributed by atoms with E-state index in [0.717, 1.165) is 16.1 Å². The van der Waals surface area contributed by atoms with Gasteiger partial charge in [-0.2, -0.15) is 4.31 Å². The molecule has 1 heterocycles. The summed E-state index contributed by atoms with van der Waals surface area (Å²) in [7, 11) is -4.10. The van der Waals surface area contributed by atoms with Crippen LogP contribution in [-0.4, -0.2) is 58.5 Å². The molecule has 2 aromatic rings. The fourth-order valence-electron chi connectivity index (χ4n) is 3.13. The van der Waals surface area contributed by atoms with E-state index < -0.39 is 33.3 Å². The largest absolute Gasteiger partial charge is 0.506 e. The number of halogens is 4. The zero-order valence-electron chi connectivity index (χ0n) is 16.5. The van der Waals surface area contributed by atoms with Crippen molar-refractivity contribution in [3.8, 4) is 5.75 Å². The van der Waals surface area contributed by atoms with E-state index in [4.69, 9.17) is 23.2 Å². The van der Waals surface area contributed by atoms with Gasteiger partial charge in [-0.1, -0.05) is 23.2 Å². The highest BCUT2D eigenvalue weighted by atomic mass is 127. The Morgan fingerprint density at radius 2 is 1.73 bits per heavy atom. The lowest BCUT2D eigenvalue weighted by atomic mass is 10.1. The summed E-state index contributed by atoms with van der Waals surface area (Å²) in [6.45, 7) is 0.0707. The molecule has 8 nitrogen and oxygen atoms in total. The monoisotopic (exact) mass is 756 g/mol. The van der Waals surface area contributed by atoms with Crippen LogP contribution in [0.15, 0.2) is 35.2 Å². The predicted octanol–water partition coefficient (Wildman–Crippen LogP) is 3.78. The topological polar surface area (TPSA) is 124 Å². The molecule has 0 bridgehead atoms. The molecule has 14 heteroatoms. The normalized spacial score (nSPS) is 17.6. The molecule has 0 aromatic heterocycles. The molecule has 0 spiro atoms. The summed E-state index contributed by atoms with van der Waals surface area (Å²) in [6.07, 6.45) is -0.0403. The average Bonchev–Trinajstić information content (AvgIpc) is 3.21. The van der Waals surface area contributed by atoms with Crippen LogP contribution in [0.3, 0.4) is 0 Å². The Morgan fingerprint density at radius 1 is 1.15 bits per heavy atom. The lowest BCUT2D eigenvalue weighted by molar-refractivity contribution is -0.141. The van der Waals surface area contributed by atoms with Gasteiger partial charge in [0.15, 0.2) is 0 Å². The maximum absolute atomic E-state index is 13.1. The number of sulfonamides is 1. The molecule has 0 saturated carbocycles. The Balaban J connectivity index is 1.81. The van der Waals surface area contributed by atoms with Gasteiger partial charge in [0.05, 0.1) is 12.0 Å². The highest BCUT2D eigenvalue weighted by molar-refractivity contribution is 14.1. The van der Waals surface area contributed by atoms with Crippen molar-refractivity contribution in [2.75, 3.05) is 12.3 Å². The Hall–Kier alpha value is -0.520. The van der Waals surface area contributed by atoms with Crippen LogP contribution in [0.1, 0.15) is 5.56 Å². The number of carboxylic acid groups (broad SMARTS) is 1. The fourth-order valence-corrected chi connectivity index (χ4v) is 8.84. The number of hydrogen-bond donors (Lipinski definition) is 3. The SMILES string of the molecule is O=C(O)[C@H](Cc1cc(I)c(O)c(I)c1)NC(=O)[C@@H]1SCCN1S(=O)(=O)c1cc(Cl)cc(Cl)c1. The lowest BCUT2D eigenvalue weighted by Gasteiger charge is -2.24. The van der Waals surface area contributed by atoms with Crippen LogP contribution in [0.2, 0.25) is 10.0 Å². The van der Waals surface area contributed by atoms with Crippen molar-refractivity contribution in [2.45, 2.75) is 22.7 Å². The molecule has 33 heavy (non-hydrogen) atoms. The molecule has 0 radical (unpaired) electrons. The highest BCUT2D eigenvalue weighted by Crippen LogP contribution is 2.33. The molecule has 3 rings (SSSR count). The third kappa shape index (κ3) is 6.38. The van der Waals surface area contributed by atoms with E-state index in [2.05, 4.69) is 5.32 Å². The van der Waals surface area contributed by atoms with Gasteiger partial charge in [-0.3, -0.25) is 4.79 Å². The number of benzene rings is 2. The minimum atomic E-state index is -4.10. The van der Waals surface area contributed by atoms with Crippen molar-refractivity contribution in [1.29, 1.82) is 0 Å². The van der Waals surface area contributed by atoms with Crippen LogP contribution in [-0.2, 0) is 26.0 Å². The van der Waals surface area contributed by atoms with Crippen molar-refractivity contribution < 1.29 is 28.2 Å². The van der Waals surface area contributed by atoms with E-state index in [0.29, 0.717) is 18.5 Å². The van der Waals surface area contributed by atoms with E-state index in [-0.39, 0.29) is 33.7 Å².